The predicted octanol–water partition coefficient (Wildman–Crippen LogP) is 4.37. The van der Waals surface area contributed by atoms with Crippen molar-refractivity contribution in [3.63, 3.8) is 0 Å². The lowest BCUT2D eigenvalue weighted by Crippen LogP contribution is -2.52. The molecular weight excluding hydrogens is 549 g/mol. The molecule has 9 nitrogen and oxygen atoms in total. The molecule has 2 amide bonds. The van der Waals surface area contributed by atoms with Crippen LogP contribution in [0.2, 0.25) is 0 Å². The van der Waals surface area contributed by atoms with Crippen LogP contribution in [0.15, 0.2) is 77.7 Å². The van der Waals surface area contributed by atoms with Gasteiger partial charge in [-0.25, -0.2) is 12.8 Å². The predicted molar refractivity (Wildman–Crippen MR) is 155 cm³/mol. The van der Waals surface area contributed by atoms with Gasteiger partial charge >= 0.3 is 0 Å². The monoisotopic (exact) mass is 585 g/mol. The molecule has 1 N–H and O–H groups in total. The van der Waals surface area contributed by atoms with Crippen molar-refractivity contribution in [3.05, 3.63) is 84.2 Å². The highest BCUT2D eigenvalue weighted by atomic mass is 32.2. The third-order valence-corrected chi connectivity index (χ3v) is 7.99. The Balaban J connectivity index is 2.04. The number of nitrogens with zero attached hydrogens (tertiary/aromatic N) is 2. The summed E-state index contributed by atoms with van der Waals surface area (Å²) >= 11 is 0. The molecule has 0 unspecified atom stereocenters. The summed E-state index contributed by atoms with van der Waals surface area (Å²) in [5.74, 6) is -0.490. The molecule has 0 heterocycles. The van der Waals surface area contributed by atoms with Gasteiger partial charge in [-0.3, -0.25) is 13.9 Å². The Morgan fingerprint density at radius 1 is 0.951 bits per heavy atom. The number of nitrogens with one attached hydrogen (secondary N) is 1. The van der Waals surface area contributed by atoms with Crippen molar-refractivity contribution in [1.29, 1.82) is 0 Å². The molecule has 3 aromatic carbocycles. The van der Waals surface area contributed by atoms with E-state index < -0.39 is 34.3 Å². The van der Waals surface area contributed by atoms with Gasteiger partial charge in [-0.2, -0.15) is 0 Å². The Morgan fingerprint density at radius 3 is 2.20 bits per heavy atom. The molecule has 0 fully saturated rings. The van der Waals surface area contributed by atoms with Gasteiger partial charge in [-0.05, 0) is 93.9 Å². The molecule has 220 valence electrons. The summed E-state index contributed by atoms with van der Waals surface area (Å²) in [6.45, 7) is 6.86. The summed E-state index contributed by atoms with van der Waals surface area (Å²) in [5.41, 5.74) is 0.891. The lowest BCUT2D eigenvalue weighted by Gasteiger charge is -2.32. The molecule has 3 aromatic rings. The fourth-order valence-electron chi connectivity index (χ4n) is 4.09. The van der Waals surface area contributed by atoms with E-state index in [0.717, 1.165) is 28.6 Å². The summed E-state index contributed by atoms with van der Waals surface area (Å²) in [5, 5.41) is 2.81. The second kappa shape index (κ2) is 14.0. The molecular formula is C30H36FN3O6S. The summed E-state index contributed by atoms with van der Waals surface area (Å²) in [4.78, 5) is 28.1. The number of benzene rings is 3. The van der Waals surface area contributed by atoms with Crippen LogP contribution in [0.4, 0.5) is 10.1 Å². The number of carbonyl (C=O) groups is 2. The highest BCUT2D eigenvalue weighted by Crippen LogP contribution is 2.27. The molecule has 1 atom stereocenters. The van der Waals surface area contributed by atoms with Crippen molar-refractivity contribution in [2.24, 2.45) is 0 Å². The number of ether oxygens (including phenoxy) is 2. The lowest BCUT2D eigenvalue weighted by atomic mass is 10.1. The van der Waals surface area contributed by atoms with Gasteiger partial charge in [0.25, 0.3) is 10.0 Å². The van der Waals surface area contributed by atoms with E-state index in [0.29, 0.717) is 23.7 Å². The molecule has 0 aliphatic carbocycles. The van der Waals surface area contributed by atoms with Crippen LogP contribution in [-0.2, 0) is 26.2 Å². The normalized spacial score (nSPS) is 12.0. The topological polar surface area (TPSA) is 105 Å². The average Bonchev–Trinajstić information content (AvgIpc) is 2.94. The van der Waals surface area contributed by atoms with Gasteiger partial charge in [0.05, 0.1) is 24.3 Å². The van der Waals surface area contributed by atoms with Gasteiger partial charge in [0.15, 0.2) is 0 Å². The van der Waals surface area contributed by atoms with Crippen LogP contribution in [0.1, 0.15) is 33.3 Å². The van der Waals surface area contributed by atoms with E-state index in [1.807, 2.05) is 20.8 Å². The minimum absolute atomic E-state index is 0.0242. The zero-order valence-corrected chi connectivity index (χ0v) is 24.7. The van der Waals surface area contributed by atoms with E-state index in [1.165, 1.54) is 24.1 Å². The van der Waals surface area contributed by atoms with E-state index in [1.54, 1.807) is 43.3 Å². The number of hydrogen-bond donors (Lipinski definition) is 1. The Labute approximate surface area is 240 Å². The standard InChI is InChI=1S/C30H36FN3O6S/c1-6-40-26-14-12-25(13-15-26)34(41(37,38)28-16-10-24(31)11-17-28)20-29(35)33(22(4)30(36)32-21(2)3)19-23-8-7-9-27(18-23)39-5/h7-18,21-22H,6,19-20H2,1-5H3,(H,32,36)/t22-/m0/s1. The number of rotatable bonds is 13. The van der Waals surface area contributed by atoms with Gasteiger partial charge in [-0.1, -0.05) is 12.1 Å². The maximum absolute atomic E-state index is 13.9. The first kappa shape index (κ1) is 31.4. The molecule has 3 rings (SSSR count). The molecule has 0 aromatic heterocycles. The highest BCUT2D eigenvalue weighted by Gasteiger charge is 2.32. The number of methoxy groups -OCH3 is 1. The molecule has 0 saturated heterocycles. The summed E-state index contributed by atoms with van der Waals surface area (Å²) in [7, 11) is -2.79. The van der Waals surface area contributed by atoms with Crippen molar-refractivity contribution in [2.45, 2.75) is 51.2 Å². The van der Waals surface area contributed by atoms with Crippen LogP contribution in [0.3, 0.4) is 0 Å². The first-order valence-electron chi connectivity index (χ1n) is 13.2. The molecule has 0 bridgehead atoms. The van der Waals surface area contributed by atoms with Crippen LogP contribution >= 0.6 is 0 Å². The Hall–Kier alpha value is -4.12. The number of anilines is 1. The van der Waals surface area contributed by atoms with Gasteiger partial charge in [0.1, 0.15) is 29.9 Å². The van der Waals surface area contributed by atoms with Gasteiger partial charge < -0.3 is 19.7 Å². The van der Waals surface area contributed by atoms with Gasteiger partial charge in [0.2, 0.25) is 11.8 Å². The first-order chi connectivity index (χ1) is 19.5. The zero-order valence-electron chi connectivity index (χ0n) is 23.8. The van der Waals surface area contributed by atoms with E-state index >= 15 is 0 Å². The quantitative estimate of drug-likeness (QED) is 0.320. The Kier molecular flexibility index (Phi) is 10.7. The number of sulfonamides is 1. The lowest BCUT2D eigenvalue weighted by molar-refractivity contribution is -0.139. The first-order valence-corrected chi connectivity index (χ1v) is 14.6. The van der Waals surface area contributed by atoms with Crippen LogP contribution in [0, 0.1) is 5.82 Å². The molecule has 11 heteroatoms. The van der Waals surface area contributed by atoms with Crippen LogP contribution in [0.25, 0.3) is 0 Å². The molecule has 0 radical (unpaired) electrons. The van der Waals surface area contributed by atoms with E-state index in [-0.39, 0.29) is 29.1 Å². The van der Waals surface area contributed by atoms with Crippen molar-refractivity contribution in [2.75, 3.05) is 24.6 Å². The largest absolute Gasteiger partial charge is 0.497 e. The summed E-state index contributed by atoms with van der Waals surface area (Å²) in [6, 6.07) is 16.6. The smallest absolute Gasteiger partial charge is 0.264 e. The number of amides is 2. The van der Waals surface area contributed by atoms with E-state index in [9.17, 15) is 22.4 Å². The third-order valence-electron chi connectivity index (χ3n) is 6.20. The Bertz CT molecular complexity index is 1430. The number of halogens is 1. The number of hydrogen-bond acceptors (Lipinski definition) is 6. The summed E-state index contributed by atoms with van der Waals surface area (Å²) in [6.07, 6.45) is 0. The maximum Gasteiger partial charge on any atom is 0.264 e. The average molecular weight is 586 g/mol. The highest BCUT2D eigenvalue weighted by molar-refractivity contribution is 7.92. The fourth-order valence-corrected chi connectivity index (χ4v) is 5.51. The van der Waals surface area contributed by atoms with Gasteiger partial charge in [0, 0.05) is 12.6 Å². The van der Waals surface area contributed by atoms with Crippen molar-refractivity contribution < 1.29 is 31.9 Å². The molecule has 0 aliphatic heterocycles. The molecule has 0 spiro atoms. The third kappa shape index (κ3) is 8.20. The zero-order chi connectivity index (χ0) is 30.2. The second-order valence-corrected chi connectivity index (χ2v) is 11.5. The fraction of sp³-hybridized carbons (Fsp3) is 0.333. The molecule has 0 saturated carbocycles. The number of carbonyl (C=O) groups excluding carboxylic acids is 2. The molecule has 41 heavy (non-hydrogen) atoms. The minimum Gasteiger partial charge on any atom is -0.497 e. The maximum atomic E-state index is 13.9. The SMILES string of the molecule is CCOc1ccc(N(CC(=O)N(Cc2cccc(OC)c2)[C@@H](C)C(=O)NC(C)C)S(=O)(=O)c2ccc(F)cc2)cc1. The van der Waals surface area contributed by atoms with Crippen molar-refractivity contribution >= 4 is 27.5 Å². The minimum atomic E-state index is -4.32. The van der Waals surface area contributed by atoms with Crippen molar-refractivity contribution in [1.82, 2.24) is 10.2 Å². The molecule has 0 aliphatic rings. The van der Waals surface area contributed by atoms with Crippen LogP contribution < -0.4 is 19.1 Å². The van der Waals surface area contributed by atoms with Gasteiger partial charge in [-0.15, -0.1) is 0 Å². The van der Waals surface area contributed by atoms with E-state index in [4.69, 9.17) is 9.47 Å². The van der Waals surface area contributed by atoms with Crippen LogP contribution in [-0.4, -0.2) is 57.5 Å². The van der Waals surface area contributed by atoms with Crippen LogP contribution in [0.5, 0.6) is 11.5 Å². The van der Waals surface area contributed by atoms with Crippen molar-refractivity contribution in [3.8, 4) is 11.5 Å². The Morgan fingerprint density at radius 2 is 1.61 bits per heavy atom. The second-order valence-electron chi connectivity index (χ2n) is 9.60. The summed E-state index contributed by atoms with van der Waals surface area (Å²) < 4.78 is 53.0. The van der Waals surface area contributed by atoms with E-state index in [2.05, 4.69) is 5.32 Å².